The van der Waals surface area contributed by atoms with Gasteiger partial charge < -0.3 is 10.2 Å². The van der Waals surface area contributed by atoms with Gasteiger partial charge in [0.2, 0.25) is 0 Å². The Bertz CT molecular complexity index is 613. The van der Waals surface area contributed by atoms with Crippen molar-refractivity contribution in [2.45, 2.75) is 31.6 Å². The largest absolute Gasteiger partial charge is 0.372 e. The molecule has 3 heterocycles. The summed E-state index contributed by atoms with van der Waals surface area (Å²) in [6.45, 7) is 4.67. The second kappa shape index (κ2) is 7.77. The number of aromatic nitrogens is 1. The van der Waals surface area contributed by atoms with Gasteiger partial charge in [-0.15, -0.1) is 28.3 Å². The fourth-order valence-corrected chi connectivity index (χ4v) is 4.50. The molecule has 0 saturated carbocycles. The Labute approximate surface area is 152 Å². The highest BCUT2D eigenvalue weighted by atomic mass is 79.9. The predicted molar refractivity (Wildman–Crippen MR) is 104 cm³/mol. The predicted octanol–water partition coefficient (Wildman–Crippen LogP) is 4.46. The first-order chi connectivity index (χ1) is 10.9. The van der Waals surface area contributed by atoms with Crippen LogP contribution in [0.4, 0.5) is 5.69 Å². The van der Waals surface area contributed by atoms with Crippen LogP contribution in [-0.2, 0) is 0 Å². The van der Waals surface area contributed by atoms with Crippen molar-refractivity contribution in [1.82, 2.24) is 10.3 Å². The number of thiazole rings is 1. The van der Waals surface area contributed by atoms with Crippen molar-refractivity contribution in [3.05, 3.63) is 34.7 Å². The molecule has 3 nitrogen and oxygen atoms in total. The van der Waals surface area contributed by atoms with Gasteiger partial charge in [0.05, 0.1) is 10.7 Å². The Balaban J connectivity index is 0.00000156. The molecule has 124 valence electrons. The van der Waals surface area contributed by atoms with E-state index in [2.05, 4.69) is 39.9 Å². The first-order valence-electron chi connectivity index (χ1n) is 8.42. The maximum Gasteiger partial charge on any atom is 0.0964 e. The molecular weight excluding hydrogens is 370 g/mol. The molecule has 0 bridgehead atoms. The molecule has 2 aromatic rings. The fourth-order valence-electron chi connectivity index (χ4n) is 3.49. The van der Waals surface area contributed by atoms with Crippen LogP contribution in [0.5, 0.6) is 0 Å². The lowest BCUT2D eigenvalue weighted by molar-refractivity contribution is 0.459. The lowest BCUT2D eigenvalue weighted by Crippen LogP contribution is -2.26. The summed E-state index contributed by atoms with van der Waals surface area (Å²) in [5, 5.41) is 6.97. The molecule has 2 fully saturated rings. The smallest absolute Gasteiger partial charge is 0.0964 e. The van der Waals surface area contributed by atoms with E-state index in [-0.39, 0.29) is 17.0 Å². The van der Waals surface area contributed by atoms with Gasteiger partial charge in [-0.1, -0.05) is 12.1 Å². The number of hydrogen-bond donors (Lipinski definition) is 1. The van der Waals surface area contributed by atoms with Crippen molar-refractivity contribution in [3.8, 4) is 11.3 Å². The Morgan fingerprint density at radius 3 is 2.43 bits per heavy atom. The summed E-state index contributed by atoms with van der Waals surface area (Å²) in [6, 6.07) is 8.97. The van der Waals surface area contributed by atoms with Gasteiger partial charge in [0.15, 0.2) is 0 Å². The average Bonchev–Trinajstić information content (AvgIpc) is 3.28. The second-order valence-electron chi connectivity index (χ2n) is 6.34. The molecule has 1 aromatic carbocycles. The summed E-state index contributed by atoms with van der Waals surface area (Å²) < 4.78 is 0. The van der Waals surface area contributed by atoms with Crippen LogP contribution in [0.1, 0.15) is 36.6 Å². The minimum atomic E-state index is 0. The van der Waals surface area contributed by atoms with E-state index in [9.17, 15) is 0 Å². The van der Waals surface area contributed by atoms with E-state index < -0.39 is 0 Å². The lowest BCUT2D eigenvalue weighted by Gasteiger charge is -2.20. The third-order valence-corrected chi connectivity index (χ3v) is 5.85. The number of nitrogens with one attached hydrogen (secondary N) is 1. The van der Waals surface area contributed by atoms with Crippen LogP contribution in [0.3, 0.4) is 0 Å². The van der Waals surface area contributed by atoms with Crippen molar-refractivity contribution in [1.29, 1.82) is 0 Å². The van der Waals surface area contributed by atoms with Crippen LogP contribution in [0.25, 0.3) is 11.3 Å². The van der Waals surface area contributed by atoms with Crippen LogP contribution in [0.15, 0.2) is 29.6 Å². The molecule has 0 spiro atoms. The number of hydrogen-bond acceptors (Lipinski definition) is 4. The van der Waals surface area contributed by atoms with Crippen molar-refractivity contribution < 1.29 is 0 Å². The molecule has 1 aromatic heterocycles. The SMILES string of the molecule is Br.c1cc(N2CCCC2)ccc1-c1csc(C2CCNCC2)n1. The van der Waals surface area contributed by atoms with Crippen molar-refractivity contribution in [3.63, 3.8) is 0 Å². The zero-order chi connectivity index (χ0) is 14.8. The van der Waals surface area contributed by atoms with Crippen molar-refractivity contribution in [2.24, 2.45) is 0 Å². The number of benzene rings is 1. The van der Waals surface area contributed by atoms with Gasteiger partial charge in [-0.2, -0.15) is 0 Å². The summed E-state index contributed by atoms with van der Waals surface area (Å²) in [6.07, 6.45) is 5.10. The fraction of sp³-hybridized carbons (Fsp3) is 0.500. The average molecular weight is 394 g/mol. The van der Waals surface area contributed by atoms with Crippen LogP contribution in [-0.4, -0.2) is 31.2 Å². The molecular formula is C18H24BrN3S. The summed E-state index contributed by atoms with van der Waals surface area (Å²) in [4.78, 5) is 7.39. The normalized spacial score (nSPS) is 18.9. The van der Waals surface area contributed by atoms with E-state index in [1.165, 1.54) is 55.0 Å². The Hall–Kier alpha value is -0.910. The standard InChI is InChI=1S/C18H23N3S.BrH/c1-2-12-21(11-1)16-5-3-14(4-6-16)17-13-22-18(20-17)15-7-9-19-10-8-15;/h3-6,13,15,19H,1-2,7-12H2;1H. The Morgan fingerprint density at radius 1 is 1.04 bits per heavy atom. The third kappa shape index (κ3) is 3.78. The molecule has 1 N–H and O–H groups in total. The van der Waals surface area contributed by atoms with Crippen LogP contribution < -0.4 is 10.2 Å². The van der Waals surface area contributed by atoms with Gasteiger partial charge in [0.1, 0.15) is 0 Å². The van der Waals surface area contributed by atoms with Crippen LogP contribution in [0.2, 0.25) is 0 Å². The van der Waals surface area contributed by atoms with E-state index in [1.54, 1.807) is 0 Å². The van der Waals surface area contributed by atoms with Crippen molar-refractivity contribution >= 4 is 34.0 Å². The van der Waals surface area contributed by atoms with Gasteiger partial charge in [0, 0.05) is 35.6 Å². The summed E-state index contributed by atoms with van der Waals surface area (Å²) in [5.41, 5.74) is 3.75. The molecule has 4 rings (SSSR count). The first kappa shape index (κ1) is 16.9. The topological polar surface area (TPSA) is 28.2 Å². The van der Waals surface area contributed by atoms with Gasteiger partial charge in [0.25, 0.3) is 0 Å². The highest BCUT2D eigenvalue weighted by Crippen LogP contribution is 2.32. The molecule has 5 heteroatoms. The van der Waals surface area contributed by atoms with Gasteiger partial charge in [-0.3, -0.25) is 0 Å². The van der Waals surface area contributed by atoms with E-state index >= 15 is 0 Å². The number of rotatable bonds is 3. The monoisotopic (exact) mass is 393 g/mol. The Morgan fingerprint density at radius 2 is 1.74 bits per heavy atom. The minimum absolute atomic E-state index is 0. The Kier molecular flexibility index (Phi) is 5.72. The van der Waals surface area contributed by atoms with Crippen LogP contribution in [0, 0.1) is 0 Å². The number of anilines is 1. The van der Waals surface area contributed by atoms with E-state index in [4.69, 9.17) is 4.98 Å². The molecule has 2 aliphatic rings. The second-order valence-corrected chi connectivity index (χ2v) is 7.23. The number of nitrogens with zero attached hydrogens (tertiary/aromatic N) is 2. The first-order valence-corrected chi connectivity index (χ1v) is 9.30. The lowest BCUT2D eigenvalue weighted by atomic mass is 9.99. The molecule has 0 atom stereocenters. The minimum Gasteiger partial charge on any atom is -0.372 e. The van der Waals surface area contributed by atoms with Gasteiger partial charge in [-0.25, -0.2) is 4.98 Å². The van der Waals surface area contributed by atoms with Gasteiger partial charge >= 0.3 is 0 Å². The molecule has 0 radical (unpaired) electrons. The zero-order valence-corrected chi connectivity index (χ0v) is 15.9. The molecule has 2 aliphatic heterocycles. The van der Waals surface area contributed by atoms with E-state index in [0.29, 0.717) is 5.92 Å². The third-order valence-electron chi connectivity index (χ3n) is 4.84. The van der Waals surface area contributed by atoms with Crippen molar-refractivity contribution in [2.75, 3.05) is 31.1 Å². The zero-order valence-electron chi connectivity index (χ0n) is 13.3. The summed E-state index contributed by atoms with van der Waals surface area (Å²) in [5.74, 6) is 0.656. The maximum absolute atomic E-state index is 4.91. The van der Waals surface area contributed by atoms with Gasteiger partial charge in [-0.05, 0) is 50.9 Å². The molecule has 0 amide bonds. The van der Waals surface area contributed by atoms with Crippen LogP contribution >= 0.6 is 28.3 Å². The molecule has 0 aliphatic carbocycles. The number of halogens is 1. The molecule has 0 unspecified atom stereocenters. The van der Waals surface area contributed by atoms with E-state index in [1.807, 2.05) is 11.3 Å². The maximum atomic E-state index is 4.91. The highest BCUT2D eigenvalue weighted by molar-refractivity contribution is 8.93. The molecule has 2 saturated heterocycles. The summed E-state index contributed by atoms with van der Waals surface area (Å²) >= 11 is 1.83. The quantitative estimate of drug-likeness (QED) is 0.834. The molecule has 23 heavy (non-hydrogen) atoms. The highest BCUT2D eigenvalue weighted by Gasteiger charge is 2.19. The number of piperidine rings is 1. The summed E-state index contributed by atoms with van der Waals surface area (Å²) in [7, 11) is 0. The van der Waals surface area contributed by atoms with E-state index in [0.717, 1.165) is 18.8 Å².